The highest BCUT2D eigenvalue weighted by molar-refractivity contribution is 7.12. The molecule has 1 aromatic carbocycles. The van der Waals surface area contributed by atoms with E-state index in [0.29, 0.717) is 6.54 Å². The number of thiophene rings is 1. The van der Waals surface area contributed by atoms with Crippen LogP contribution in [-0.2, 0) is 0 Å². The van der Waals surface area contributed by atoms with Gasteiger partial charge in [0.05, 0.1) is 4.88 Å². The van der Waals surface area contributed by atoms with Crippen molar-refractivity contribution in [2.24, 2.45) is 0 Å². The van der Waals surface area contributed by atoms with Crippen LogP contribution in [0.4, 0.5) is 4.39 Å². The maximum atomic E-state index is 14.0. The Labute approximate surface area is 140 Å². The zero-order chi connectivity index (χ0) is 16.2. The predicted octanol–water partition coefficient (Wildman–Crippen LogP) is 3.80. The van der Waals surface area contributed by atoms with E-state index in [-0.39, 0.29) is 17.8 Å². The zero-order valence-electron chi connectivity index (χ0n) is 13.2. The Morgan fingerprint density at radius 3 is 2.70 bits per heavy atom. The van der Waals surface area contributed by atoms with E-state index in [1.54, 1.807) is 6.07 Å². The molecule has 0 spiro atoms. The van der Waals surface area contributed by atoms with Gasteiger partial charge in [0.15, 0.2) is 0 Å². The second-order valence-electron chi connectivity index (χ2n) is 5.86. The number of nitrogens with zero attached hydrogens (tertiary/aromatic N) is 2. The lowest BCUT2D eigenvalue weighted by atomic mass is 10.1. The van der Waals surface area contributed by atoms with E-state index >= 15 is 0 Å². The average molecular weight is 332 g/mol. The average Bonchev–Trinajstić information content (AvgIpc) is 2.98. The lowest BCUT2D eigenvalue weighted by Crippen LogP contribution is -2.35. The molecule has 3 nitrogen and oxygen atoms in total. The molecule has 2 aromatic rings. The molecule has 1 fully saturated rings. The minimum absolute atomic E-state index is 0.0213. The van der Waals surface area contributed by atoms with Gasteiger partial charge in [0.25, 0.3) is 5.91 Å². The third-order valence-corrected chi connectivity index (χ3v) is 5.31. The third kappa shape index (κ3) is 3.62. The van der Waals surface area contributed by atoms with E-state index in [0.717, 1.165) is 36.5 Å². The topological polar surface area (TPSA) is 23.6 Å². The normalized spacial score (nSPS) is 17.7. The van der Waals surface area contributed by atoms with Gasteiger partial charge in [-0.3, -0.25) is 9.69 Å². The maximum Gasteiger partial charge on any atom is 0.263 e. The van der Waals surface area contributed by atoms with Crippen LogP contribution < -0.4 is 0 Å². The summed E-state index contributed by atoms with van der Waals surface area (Å²) in [5.74, 6) is -0.0452. The van der Waals surface area contributed by atoms with Crippen LogP contribution in [0.15, 0.2) is 41.8 Å². The number of rotatable bonds is 3. The summed E-state index contributed by atoms with van der Waals surface area (Å²) in [5.41, 5.74) is 0.727. The van der Waals surface area contributed by atoms with Crippen LogP contribution in [0, 0.1) is 5.82 Å². The number of amides is 1. The summed E-state index contributed by atoms with van der Waals surface area (Å²) >= 11 is 1.48. The van der Waals surface area contributed by atoms with Crippen molar-refractivity contribution in [1.29, 1.82) is 0 Å². The summed E-state index contributed by atoms with van der Waals surface area (Å²) in [4.78, 5) is 17.4. The first-order valence-electron chi connectivity index (χ1n) is 7.98. The van der Waals surface area contributed by atoms with Crippen molar-refractivity contribution in [2.75, 3.05) is 26.2 Å². The molecule has 1 aliphatic rings. The van der Waals surface area contributed by atoms with Gasteiger partial charge in [0, 0.05) is 37.8 Å². The van der Waals surface area contributed by atoms with Crippen molar-refractivity contribution in [3.05, 3.63) is 58.0 Å². The van der Waals surface area contributed by atoms with E-state index in [1.807, 2.05) is 41.5 Å². The first-order chi connectivity index (χ1) is 11.2. The van der Waals surface area contributed by atoms with Crippen LogP contribution in [0.2, 0.25) is 0 Å². The smallest absolute Gasteiger partial charge is 0.263 e. The van der Waals surface area contributed by atoms with Gasteiger partial charge in [-0.1, -0.05) is 24.3 Å². The lowest BCUT2D eigenvalue weighted by Gasteiger charge is -2.28. The molecule has 1 saturated heterocycles. The second kappa shape index (κ2) is 7.23. The molecule has 23 heavy (non-hydrogen) atoms. The van der Waals surface area contributed by atoms with Crippen LogP contribution in [0.3, 0.4) is 0 Å². The van der Waals surface area contributed by atoms with Gasteiger partial charge in [0.2, 0.25) is 0 Å². The molecule has 1 amide bonds. The molecule has 1 atom stereocenters. The summed E-state index contributed by atoms with van der Waals surface area (Å²) in [7, 11) is 0. The monoisotopic (exact) mass is 332 g/mol. The van der Waals surface area contributed by atoms with Crippen molar-refractivity contribution in [1.82, 2.24) is 9.80 Å². The highest BCUT2D eigenvalue weighted by atomic mass is 32.1. The molecule has 0 N–H and O–H groups in total. The number of hydrogen-bond donors (Lipinski definition) is 0. The predicted molar refractivity (Wildman–Crippen MR) is 91.2 cm³/mol. The van der Waals surface area contributed by atoms with Gasteiger partial charge in [-0.25, -0.2) is 4.39 Å². The SMILES string of the molecule is CC(c1ccccc1F)N1CCCN(C(=O)c2cccs2)CC1. The Bertz CT molecular complexity index is 659. The minimum Gasteiger partial charge on any atom is -0.337 e. The van der Waals surface area contributed by atoms with Gasteiger partial charge < -0.3 is 4.90 Å². The number of hydrogen-bond acceptors (Lipinski definition) is 3. The van der Waals surface area contributed by atoms with E-state index in [1.165, 1.54) is 17.4 Å². The molecule has 5 heteroatoms. The van der Waals surface area contributed by atoms with E-state index in [2.05, 4.69) is 4.90 Å². The molecule has 1 aromatic heterocycles. The standard InChI is InChI=1S/C18H21FN2OS/c1-14(15-6-2-3-7-16(15)19)20-9-5-10-21(12-11-20)18(22)17-8-4-13-23-17/h2-4,6-8,13-14H,5,9-12H2,1H3. The largest absolute Gasteiger partial charge is 0.337 e. The summed E-state index contributed by atoms with van der Waals surface area (Å²) in [5, 5.41) is 1.93. The summed E-state index contributed by atoms with van der Waals surface area (Å²) < 4.78 is 14.0. The van der Waals surface area contributed by atoms with E-state index in [9.17, 15) is 9.18 Å². The molecule has 0 bridgehead atoms. The highest BCUT2D eigenvalue weighted by Gasteiger charge is 2.24. The van der Waals surface area contributed by atoms with Crippen molar-refractivity contribution >= 4 is 17.2 Å². The summed E-state index contributed by atoms with van der Waals surface area (Å²) in [6.45, 7) is 5.14. The van der Waals surface area contributed by atoms with Crippen molar-refractivity contribution in [2.45, 2.75) is 19.4 Å². The third-order valence-electron chi connectivity index (χ3n) is 4.45. The fourth-order valence-corrected chi connectivity index (χ4v) is 3.79. The number of benzene rings is 1. The van der Waals surface area contributed by atoms with Gasteiger partial charge in [-0.2, -0.15) is 0 Å². The van der Waals surface area contributed by atoms with Crippen molar-refractivity contribution < 1.29 is 9.18 Å². The number of carbonyl (C=O) groups excluding carboxylic acids is 1. The van der Waals surface area contributed by atoms with Crippen LogP contribution in [0.5, 0.6) is 0 Å². The fourth-order valence-electron chi connectivity index (χ4n) is 3.09. The van der Waals surface area contributed by atoms with E-state index < -0.39 is 0 Å². The molecule has 0 aliphatic carbocycles. The Hall–Kier alpha value is -1.72. The van der Waals surface area contributed by atoms with Crippen molar-refractivity contribution in [3.8, 4) is 0 Å². The summed E-state index contributed by atoms with van der Waals surface area (Å²) in [6, 6.07) is 10.7. The number of carbonyl (C=O) groups is 1. The molecule has 0 radical (unpaired) electrons. The Balaban J connectivity index is 1.67. The van der Waals surface area contributed by atoms with E-state index in [4.69, 9.17) is 0 Å². The first kappa shape index (κ1) is 16.1. The van der Waals surface area contributed by atoms with Crippen LogP contribution in [0.1, 0.15) is 34.6 Å². The second-order valence-corrected chi connectivity index (χ2v) is 6.80. The van der Waals surface area contributed by atoms with Gasteiger partial charge in [-0.05, 0) is 30.9 Å². The van der Waals surface area contributed by atoms with Gasteiger partial charge in [0.1, 0.15) is 5.82 Å². The van der Waals surface area contributed by atoms with Crippen LogP contribution in [0.25, 0.3) is 0 Å². The first-order valence-corrected chi connectivity index (χ1v) is 8.86. The molecule has 1 aliphatic heterocycles. The quantitative estimate of drug-likeness (QED) is 0.853. The van der Waals surface area contributed by atoms with Gasteiger partial charge in [-0.15, -0.1) is 11.3 Å². The molecule has 122 valence electrons. The molecule has 1 unspecified atom stereocenters. The maximum absolute atomic E-state index is 14.0. The molecular formula is C18H21FN2OS. The van der Waals surface area contributed by atoms with Crippen LogP contribution >= 0.6 is 11.3 Å². The molecule has 3 rings (SSSR count). The summed E-state index contributed by atoms with van der Waals surface area (Å²) in [6.07, 6.45) is 0.913. The van der Waals surface area contributed by atoms with Crippen molar-refractivity contribution in [3.63, 3.8) is 0 Å². The molecule has 2 heterocycles. The Morgan fingerprint density at radius 1 is 1.13 bits per heavy atom. The van der Waals surface area contributed by atoms with Gasteiger partial charge >= 0.3 is 0 Å². The Morgan fingerprint density at radius 2 is 1.96 bits per heavy atom. The molecular weight excluding hydrogens is 311 g/mol. The minimum atomic E-state index is -0.157. The highest BCUT2D eigenvalue weighted by Crippen LogP contribution is 2.24. The lowest BCUT2D eigenvalue weighted by molar-refractivity contribution is 0.0763. The van der Waals surface area contributed by atoms with Crippen LogP contribution in [-0.4, -0.2) is 41.9 Å². The molecule has 0 saturated carbocycles. The fraction of sp³-hybridized carbons (Fsp3) is 0.389. The zero-order valence-corrected chi connectivity index (χ0v) is 14.1. The Kier molecular flexibility index (Phi) is 5.08. The number of halogens is 1.